The van der Waals surface area contributed by atoms with E-state index in [2.05, 4.69) is 77.2 Å². The Labute approximate surface area is 244 Å². The van der Waals surface area contributed by atoms with Gasteiger partial charge in [-0.2, -0.15) is 0 Å². The van der Waals surface area contributed by atoms with E-state index in [0.717, 1.165) is 23.1 Å². The van der Waals surface area contributed by atoms with E-state index in [0.29, 0.717) is 46.5 Å². The fourth-order valence-corrected chi connectivity index (χ4v) is 5.73. The Kier molecular flexibility index (Phi) is 12.1. The Bertz CT molecular complexity index is 1050. The number of amides is 2. The van der Waals surface area contributed by atoms with Crippen LogP contribution in [0.5, 0.6) is 0 Å². The van der Waals surface area contributed by atoms with Crippen LogP contribution in [-0.4, -0.2) is 69.2 Å². The highest BCUT2D eigenvalue weighted by molar-refractivity contribution is 9.13. The van der Waals surface area contributed by atoms with E-state index in [1.165, 1.54) is 0 Å². The van der Waals surface area contributed by atoms with Crippen molar-refractivity contribution in [3.8, 4) is 0 Å². The number of carbonyl (C=O) groups is 2. The molecular formula is C26H33BBr3N3O4. The van der Waals surface area contributed by atoms with Gasteiger partial charge in [-0.3, -0.25) is 9.59 Å². The van der Waals surface area contributed by atoms with E-state index in [9.17, 15) is 9.59 Å². The summed E-state index contributed by atoms with van der Waals surface area (Å²) in [5.74, 6) is -0.689. The van der Waals surface area contributed by atoms with Gasteiger partial charge in [0.25, 0.3) is 5.91 Å². The molecule has 37 heavy (non-hydrogen) atoms. The number of likely N-dealkylation sites (N-methyl/N-ethyl adjacent to an activating group) is 1. The molecule has 2 aromatic rings. The van der Waals surface area contributed by atoms with Crippen LogP contribution >= 0.6 is 47.8 Å². The highest BCUT2D eigenvalue weighted by atomic mass is 79.9. The summed E-state index contributed by atoms with van der Waals surface area (Å²) in [6.45, 7) is 6.82. The number of hydrogen-bond donors (Lipinski definition) is 2. The number of halogens is 3. The van der Waals surface area contributed by atoms with Crippen molar-refractivity contribution in [2.75, 3.05) is 33.4 Å². The maximum Gasteiger partial charge on any atom is 0.480 e. The molecule has 1 fully saturated rings. The van der Waals surface area contributed by atoms with Gasteiger partial charge in [0.05, 0.1) is 11.5 Å². The molecule has 200 valence electrons. The van der Waals surface area contributed by atoms with Gasteiger partial charge in [-0.15, -0.1) is 0 Å². The minimum absolute atomic E-state index is 0.281. The van der Waals surface area contributed by atoms with Crippen molar-refractivity contribution in [1.82, 2.24) is 15.5 Å². The first-order valence-electron chi connectivity index (χ1n) is 12.4. The van der Waals surface area contributed by atoms with Crippen molar-refractivity contribution in [2.45, 2.75) is 38.7 Å². The molecule has 0 unspecified atom stereocenters. The van der Waals surface area contributed by atoms with Gasteiger partial charge in [0.15, 0.2) is 0 Å². The van der Waals surface area contributed by atoms with Crippen LogP contribution in [0.3, 0.4) is 0 Å². The average molecular weight is 702 g/mol. The monoisotopic (exact) mass is 699 g/mol. The Hall–Kier alpha value is -1.24. The van der Waals surface area contributed by atoms with Crippen LogP contribution < -0.4 is 10.6 Å². The second-order valence-corrected chi connectivity index (χ2v) is 12.1. The van der Waals surface area contributed by atoms with Crippen LogP contribution in [0.15, 0.2) is 55.9 Å². The molecule has 0 aliphatic carbocycles. The first-order valence-corrected chi connectivity index (χ1v) is 14.7. The highest BCUT2D eigenvalue weighted by Gasteiger charge is 2.35. The molecule has 7 nitrogen and oxygen atoms in total. The molecule has 2 atom stereocenters. The number of hydrogen-bond acceptors (Lipinski definition) is 5. The molecule has 0 bridgehead atoms. The summed E-state index contributed by atoms with van der Waals surface area (Å²) in [6.07, 6.45) is 1.02. The van der Waals surface area contributed by atoms with Crippen LogP contribution in [0.25, 0.3) is 0 Å². The lowest BCUT2D eigenvalue weighted by Crippen LogP contribution is -2.57. The number of nitrogens with zero attached hydrogens (tertiary/aromatic N) is 1. The largest absolute Gasteiger partial charge is 0.480 e. The molecule has 0 saturated carbocycles. The van der Waals surface area contributed by atoms with Crippen molar-refractivity contribution in [3.05, 3.63) is 67.0 Å². The topological polar surface area (TPSA) is 79.9 Å². The third kappa shape index (κ3) is 9.18. The normalized spacial score (nSPS) is 16.6. The van der Waals surface area contributed by atoms with E-state index < -0.39 is 13.2 Å². The third-order valence-electron chi connectivity index (χ3n) is 6.07. The molecule has 2 N–H and O–H groups in total. The Balaban J connectivity index is 1.83. The lowest BCUT2D eigenvalue weighted by Gasteiger charge is -2.31. The summed E-state index contributed by atoms with van der Waals surface area (Å²) in [7, 11) is 1.47. The minimum atomic E-state index is -0.804. The van der Waals surface area contributed by atoms with Crippen molar-refractivity contribution < 1.29 is 18.9 Å². The summed E-state index contributed by atoms with van der Waals surface area (Å²) >= 11 is 10.4. The second-order valence-electron chi connectivity index (χ2n) is 9.59. The van der Waals surface area contributed by atoms with Gasteiger partial charge in [-0.25, -0.2) is 0 Å². The Morgan fingerprint density at radius 2 is 1.59 bits per heavy atom. The highest BCUT2D eigenvalue weighted by Crippen LogP contribution is 2.32. The van der Waals surface area contributed by atoms with E-state index in [1.54, 1.807) is 6.07 Å². The predicted molar refractivity (Wildman–Crippen MR) is 157 cm³/mol. The van der Waals surface area contributed by atoms with Crippen LogP contribution in [0.2, 0.25) is 0 Å². The van der Waals surface area contributed by atoms with Crippen LogP contribution in [0, 0.1) is 5.92 Å². The number of nitrogens with one attached hydrogen (secondary N) is 2. The van der Waals surface area contributed by atoms with Crippen molar-refractivity contribution in [3.63, 3.8) is 0 Å². The number of rotatable bonds is 9. The lowest BCUT2D eigenvalue weighted by molar-refractivity contribution is -0.123. The SMILES string of the molecule is CC(C)C[C@H](NC(=O)[C@H](Cc1ccccc1)NC(=O)c1c(Br)ccc(Br)c1Br)B1OCCN(C)CCO1. The van der Waals surface area contributed by atoms with Crippen LogP contribution in [0.1, 0.15) is 36.2 Å². The third-order valence-corrected chi connectivity index (χ3v) is 8.74. The summed E-state index contributed by atoms with van der Waals surface area (Å²) in [5.41, 5.74) is 1.35. The Morgan fingerprint density at radius 3 is 2.22 bits per heavy atom. The molecular weight excluding hydrogens is 669 g/mol. The first kappa shape index (κ1) is 30.3. The fourth-order valence-electron chi connectivity index (χ4n) is 4.10. The van der Waals surface area contributed by atoms with E-state index >= 15 is 0 Å². The molecule has 1 heterocycles. The van der Waals surface area contributed by atoms with E-state index in [1.807, 2.05) is 43.4 Å². The van der Waals surface area contributed by atoms with E-state index in [-0.39, 0.29) is 17.8 Å². The maximum atomic E-state index is 13.7. The maximum absolute atomic E-state index is 13.7. The van der Waals surface area contributed by atoms with Gasteiger partial charge in [-0.1, -0.05) is 44.2 Å². The van der Waals surface area contributed by atoms with Gasteiger partial charge in [0.2, 0.25) is 5.91 Å². The zero-order chi connectivity index (χ0) is 26.9. The zero-order valence-corrected chi connectivity index (χ0v) is 26.1. The van der Waals surface area contributed by atoms with Gasteiger partial charge >= 0.3 is 7.12 Å². The van der Waals surface area contributed by atoms with Gasteiger partial charge in [0, 0.05) is 46.1 Å². The molecule has 0 spiro atoms. The molecule has 1 aliphatic heterocycles. The lowest BCUT2D eigenvalue weighted by atomic mass is 9.73. The molecule has 0 radical (unpaired) electrons. The minimum Gasteiger partial charge on any atom is -0.408 e. The smallest absolute Gasteiger partial charge is 0.408 e. The number of carbonyl (C=O) groups excluding carboxylic acids is 2. The first-order chi connectivity index (χ1) is 17.7. The summed E-state index contributed by atoms with van der Waals surface area (Å²) in [6, 6.07) is 12.5. The molecule has 2 amide bonds. The second kappa shape index (κ2) is 14.8. The predicted octanol–water partition coefficient (Wildman–Crippen LogP) is 4.85. The van der Waals surface area contributed by atoms with Crippen molar-refractivity contribution in [1.29, 1.82) is 0 Å². The van der Waals surface area contributed by atoms with Crippen LogP contribution in [-0.2, 0) is 20.5 Å². The summed E-state index contributed by atoms with van der Waals surface area (Å²) in [5, 5.41) is 6.11. The van der Waals surface area contributed by atoms with Crippen LogP contribution in [0.4, 0.5) is 0 Å². The molecule has 2 aromatic carbocycles. The Morgan fingerprint density at radius 1 is 0.973 bits per heavy atom. The van der Waals surface area contributed by atoms with Gasteiger partial charge in [0.1, 0.15) is 6.04 Å². The zero-order valence-electron chi connectivity index (χ0n) is 21.3. The summed E-state index contributed by atoms with van der Waals surface area (Å²) < 4.78 is 14.0. The summed E-state index contributed by atoms with van der Waals surface area (Å²) in [4.78, 5) is 29.3. The molecule has 3 rings (SSSR count). The van der Waals surface area contributed by atoms with E-state index in [4.69, 9.17) is 9.31 Å². The molecule has 1 aliphatic rings. The quantitative estimate of drug-likeness (QED) is 0.289. The molecule has 11 heteroatoms. The van der Waals surface area contributed by atoms with Gasteiger partial charge in [-0.05, 0) is 84.9 Å². The van der Waals surface area contributed by atoms with Crippen molar-refractivity contribution >= 4 is 66.7 Å². The van der Waals surface area contributed by atoms with Crippen molar-refractivity contribution in [2.24, 2.45) is 5.92 Å². The standard InChI is InChI=1S/C26H33BBr3N3O4/c1-17(2)15-22(27-36-13-11-33(3)12-14-37-27)32-25(34)21(16-18-7-5-4-6-8-18)31-26(35)23-19(28)9-10-20(29)24(23)30/h4-10,17,21-22H,11-16H2,1-3H3,(H,31,35)(H,32,34)/t21-,22-/m0/s1. The fraction of sp³-hybridized carbons (Fsp3) is 0.462. The average Bonchev–Trinajstić information content (AvgIpc) is 2.83. The van der Waals surface area contributed by atoms with Gasteiger partial charge < -0.3 is 24.8 Å². The molecule has 1 saturated heterocycles. The molecule has 0 aromatic heterocycles. The number of benzene rings is 2.